The molecule has 0 bridgehead atoms. The highest BCUT2D eigenvalue weighted by Gasteiger charge is 2.26. The molecule has 3 heterocycles. The van der Waals surface area contributed by atoms with Gasteiger partial charge in [-0.2, -0.15) is 0 Å². The second kappa shape index (κ2) is 17.1. The summed E-state index contributed by atoms with van der Waals surface area (Å²) in [6.07, 6.45) is 6.39. The Balaban J connectivity index is -0.00000150. The van der Waals surface area contributed by atoms with Crippen LogP contribution in [0.2, 0.25) is 0 Å². The molecule has 8 nitrogen and oxygen atoms in total. The first-order valence-corrected chi connectivity index (χ1v) is 9.82. The monoisotopic (exact) mass is 529 g/mol. The Morgan fingerprint density at radius 3 is 1.94 bits per heavy atom. The molecule has 1 aromatic heterocycles. The lowest BCUT2D eigenvalue weighted by Crippen LogP contribution is -2.39. The molecule has 33 heavy (non-hydrogen) atoms. The molecule has 0 aliphatic carbocycles. The third-order valence-electron chi connectivity index (χ3n) is 5.77. The van der Waals surface area contributed by atoms with Crippen LogP contribution in [-0.2, 0) is 19.6 Å². The molecule has 6 N–H and O–H groups in total. The first-order valence-electron chi connectivity index (χ1n) is 9.82. The molecule has 1 saturated heterocycles. The molecule has 1 atom stereocenters. The van der Waals surface area contributed by atoms with Gasteiger partial charge in [0.2, 0.25) is 0 Å². The van der Waals surface area contributed by atoms with E-state index in [9.17, 15) is 0 Å². The van der Waals surface area contributed by atoms with Gasteiger partial charge in [-0.25, -0.2) is 0 Å². The fraction of sp³-hybridized carbons (Fsp3) is 0.500. The molecule has 2 aliphatic heterocycles. The second-order valence-electron chi connectivity index (χ2n) is 7.74. The van der Waals surface area contributed by atoms with Gasteiger partial charge in [-0.15, -0.1) is 37.2 Å². The standard InChI is InChI=1S/C22H29N3O2.3ClH.3H2O/c1-26-21-10-19-15-25(16-20(19)11-22(21)27-2)14-18-4-3-9-24(13-18)12-17-5-7-23-8-6-17;;;;;;/h5-8,10-11,18H,3-4,9,12-16H2,1-2H3;3*1H;3*1H2. The van der Waals surface area contributed by atoms with Crippen LogP contribution in [0.4, 0.5) is 0 Å². The number of rotatable bonds is 6. The van der Waals surface area contributed by atoms with Crippen LogP contribution in [0.15, 0.2) is 36.7 Å². The van der Waals surface area contributed by atoms with Crippen LogP contribution in [0.3, 0.4) is 0 Å². The molecule has 11 heteroatoms. The summed E-state index contributed by atoms with van der Waals surface area (Å²) < 4.78 is 10.9. The zero-order chi connectivity index (χ0) is 18.6. The highest BCUT2D eigenvalue weighted by Crippen LogP contribution is 2.35. The summed E-state index contributed by atoms with van der Waals surface area (Å²) in [6.45, 7) is 6.60. The number of methoxy groups -OCH3 is 2. The van der Waals surface area contributed by atoms with E-state index in [0.717, 1.165) is 43.6 Å². The number of nitrogens with zero attached hydrogens (tertiary/aromatic N) is 3. The summed E-state index contributed by atoms with van der Waals surface area (Å²) in [7, 11) is 3.41. The number of piperidine rings is 1. The minimum absolute atomic E-state index is 0. The minimum atomic E-state index is 0. The smallest absolute Gasteiger partial charge is 0.161 e. The van der Waals surface area contributed by atoms with Crippen LogP contribution in [0.5, 0.6) is 11.5 Å². The van der Waals surface area contributed by atoms with Gasteiger partial charge >= 0.3 is 0 Å². The van der Waals surface area contributed by atoms with E-state index >= 15 is 0 Å². The molecular formula is C22H38Cl3N3O5. The molecule has 4 rings (SSSR count). The first kappa shape index (κ1) is 36.2. The Kier molecular flexibility index (Phi) is 18.8. The van der Waals surface area contributed by atoms with Gasteiger partial charge in [-0.05, 0) is 66.3 Å². The van der Waals surface area contributed by atoms with Gasteiger partial charge in [0.05, 0.1) is 14.2 Å². The van der Waals surface area contributed by atoms with Gasteiger partial charge < -0.3 is 25.9 Å². The Hall–Kier alpha value is -1.36. The van der Waals surface area contributed by atoms with E-state index in [1.54, 1.807) is 14.2 Å². The zero-order valence-electron chi connectivity index (χ0n) is 19.1. The van der Waals surface area contributed by atoms with Crippen molar-refractivity contribution in [2.24, 2.45) is 5.92 Å². The van der Waals surface area contributed by atoms with Crippen molar-refractivity contribution in [3.05, 3.63) is 53.3 Å². The van der Waals surface area contributed by atoms with Crippen molar-refractivity contribution in [1.29, 1.82) is 0 Å². The molecule has 1 aromatic carbocycles. The molecule has 1 unspecified atom stereocenters. The number of hydrogen-bond donors (Lipinski definition) is 0. The second-order valence-corrected chi connectivity index (χ2v) is 7.74. The Bertz CT molecular complexity index is 756. The third-order valence-corrected chi connectivity index (χ3v) is 5.77. The van der Waals surface area contributed by atoms with Crippen molar-refractivity contribution < 1.29 is 25.9 Å². The lowest BCUT2D eigenvalue weighted by atomic mass is 9.97. The van der Waals surface area contributed by atoms with Gasteiger partial charge in [0.1, 0.15) is 0 Å². The number of likely N-dealkylation sites (tertiary alicyclic amines) is 1. The van der Waals surface area contributed by atoms with Crippen molar-refractivity contribution >= 4 is 37.2 Å². The van der Waals surface area contributed by atoms with E-state index in [0.29, 0.717) is 0 Å². The van der Waals surface area contributed by atoms with Crippen LogP contribution in [0.25, 0.3) is 0 Å². The van der Waals surface area contributed by atoms with E-state index in [-0.39, 0.29) is 53.6 Å². The first-order chi connectivity index (χ1) is 13.2. The molecule has 0 amide bonds. The molecule has 0 saturated carbocycles. The molecule has 2 aromatic rings. The lowest BCUT2D eigenvalue weighted by molar-refractivity contribution is 0.127. The zero-order valence-corrected chi connectivity index (χ0v) is 21.5. The minimum Gasteiger partial charge on any atom is -0.493 e. The average molecular weight is 531 g/mol. The molecule has 192 valence electrons. The SMILES string of the molecule is COc1cc2c(cc1OC)CN(CC1CCCN(Cc3ccncc3)C1)C2.Cl.Cl.Cl.O.O.O. The summed E-state index contributed by atoms with van der Waals surface area (Å²) in [6, 6.07) is 8.54. The maximum absolute atomic E-state index is 5.46. The maximum atomic E-state index is 5.46. The van der Waals surface area contributed by atoms with Crippen molar-refractivity contribution in [2.45, 2.75) is 32.5 Å². The molecule has 0 spiro atoms. The van der Waals surface area contributed by atoms with Crippen molar-refractivity contribution in [2.75, 3.05) is 33.9 Å². The number of fused-ring (bicyclic) bond motifs is 1. The summed E-state index contributed by atoms with van der Waals surface area (Å²) in [5.74, 6) is 2.40. The normalized spacial score (nSPS) is 16.7. The van der Waals surface area contributed by atoms with Crippen molar-refractivity contribution in [3.8, 4) is 11.5 Å². The lowest BCUT2D eigenvalue weighted by Gasteiger charge is -2.34. The van der Waals surface area contributed by atoms with E-state index in [1.165, 1.54) is 42.6 Å². The highest BCUT2D eigenvalue weighted by molar-refractivity contribution is 5.86. The van der Waals surface area contributed by atoms with Gasteiger partial charge in [-0.3, -0.25) is 14.8 Å². The fourth-order valence-corrected chi connectivity index (χ4v) is 4.48. The van der Waals surface area contributed by atoms with Crippen LogP contribution >= 0.6 is 37.2 Å². The Morgan fingerprint density at radius 1 is 0.879 bits per heavy atom. The van der Waals surface area contributed by atoms with Crippen LogP contribution < -0.4 is 9.47 Å². The van der Waals surface area contributed by atoms with Gasteiger partial charge in [0.15, 0.2) is 11.5 Å². The van der Waals surface area contributed by atoms with Gasteiger partial charge in [0, 0.05) is 45.1 Å². The number of aromatic nitrogens is 1. The fourth-order valence-electron chi connectivity index (χ4n) is 4.48. The van der Waals surface area contributed by atoms with E-state index in [4.69, 9.17) is 9.47 Å². The van der Waals surface area contributed by atoms with Gasteiger partial charge in [-0.1, -0.05) is 0 Å². The van der Waals surface area contributed by atoms with E-state index < -0.39 is 0 Å². The molecular weight excluding hydrogens is 493 g/mol. The number of halogens is 3. The van der Waals surface area contributed by atoms with Crippen LogP contribution in [-0.4, -0.2) is 65.1 Å². The predicted molar refractivity (Wildman–Crippen MR) is 138 cm³/mol. The largest absolute Gasteiger partial charge is 0.493 e. The van der Waals surface area contributed by atoms with Crippen LogP contribution in [0.1, 0.15) is 29.5 Å². The van der Waals surface area contributed by atoms with Crippen molar-refractivity contribution in [3.63, 3.8) is 0 Å². The molecule has 1 fully saturated rings. The molecule has 0 radical (unpaired) electrons. The molecule has 2 aliphatic rings. The third kappa shape index (κ3) is 9.07. The van der Waals surface area contributed by atoms with Crippen LogP contribution in [0, 0.1) is 5.92 Å². The van der Waals surface area contributed by atoms with E-state index in [2.05, 4.69) is 39.0 Å². The summed E-state index contributed by atoms with van der Waals surface area (Å²) >= 11 is 0. The predicted octanol–water partition coefficient (Wildman–Crippen LogP) is 2.12. The average Bonchev–Trinajstić information content (AvgIpc) is 3.08. The number of hydrogen-bond acceptors (Lipinski definition) is 5. The van der Waals surface area contributed by atoms with Gasteiger partial charge in [0.25, 0.3) is 0 Å². The Labute approximate surface area is 214 Å². The number of ether oxygens (including phenoxy) is 2. The van der Waals surface area contributed by atoms with Crippen molar-refractivity contribution in [1.82, 2.24) is 14.8 Å². The number of pyridine rings is 1. The topological polar surface area (TPSA) is 132 Å². The maximum Gasteiger partial charge on any atom is 0.161 e. The Morgan fingerprint density at radius 2 is 1.42 bits per heavy atom. The van der Waals surface area contributed by atoms with E-state index in [1.807, 2.05) is 12.4 Å². The summed E-state index contributed by atoms with van der Waals surface area (Å²) in [5, 5.41) is 0. The number of benzene rings is 1. The summed E-state index contributed by atoms with van der Waals surface area (Å²) in [5.41, 5.74) is 4.10. The quantitative estimate of drug-likeness (QED) is 0.564. The highest BCUT2D eigenvalue weighted by atomic mass is 35.5. The summed E-state index contributed by atoms with van der Waals surface area (Å²) in [4.78, 5) is 9.29.